The van der Waals surface area contributed by atoms with Gasteiger partial charge in [0.25, 0.3) is 0 Å². The maximum atomic E-state index is 10.2. The zero-order valence-corrected chi connectivity index (χ0v) is 7.73. The SMILES string of the molecule is CC(CCC(=O)O)NCC(O)CO. The van der Waals surface area contributed by atoms with Crippen molar-refractivity contribution < 1.29 is 20.1 Å². The van der Waals surface area contributed by atoms with Gasteiger partial charge < -0.3 is 20.6 Å². The second kappa shape index (κ2) is 6.82. The molecule has 2 unspecified atom stereocenters. The van der Waals surface area contributed by atoms with Crippen LogP contribution in [-0.2, 0) is 4.79 Å². The summed E-state index contributed by atoms with van der Waals surface area (Å²) in [5.41, 5.74) is 0. The molecule has 0 aliphatic carbocycles. The molecule has 4 N–H and O–H groups in total. The number of rotatable bonds is 7. The third-order valence-corrected chi connectivity index (χ3v) is 1.70. The molecule has 0 radical (unpaired) electrons. The van der Waals surface area contributed by atoms with Crippen molar-refractivity contribution in [3.8, 4) is 0 Å². The molecule has 0 aliphatic heterocycles. The van der Waals surface area contributed by atoms with Gasteiger partial charge in [-0.15, -0.1) is 0 Å². The summed E-state index contributed by atoms with van der Waals surface area (Å²) >= 11 is 0. The van der Waals surface area contributed by atoms with Crippen molar-refractivity contribution in [2.45, 2.75) is 31.9 Å². The number of aliphatic carboxylic acids is 1. The van der Waals surface area contributed by atoms with E-state index in [1.54, 1.807) is 0 Å². The maximum absolute atomic E-state index is 10.2. The molecule has 0 aromatic rings. The maximum Gasteiger partial charge on any atom is 0.303 e. The minimum atomic E-state index is -0.823. The highest BCUT2D eigenvalue weighted by molar-refractivity contribution is 5.66. The van der Waals surface area contributed by atoms with Crippen LogP contribution < -0.4 is 5.32 Å². The van der Waals surface area contributed by atoms with Crippen molar-refractivity contribution in [1.29, 1.82) is 0 Å². The molecule has 2 atom stereocenters. The van der Waals surface area contributed by atoms with Crippen LogP contribution in [0.1, 0.15) is 19.8 Å². The lowest BCUT2D eigenvalue weighted by Crippen LogP contribution is -2.35. The van der Waals surface area contributed by atoms with Crippen molar-refractivity contribution in [3.63, 3.8) is 0 Å². The van der Waals surface area contributed by atoms with Crippen LogP contribution in [0, 0.1) is 0 Å². The van der Waals surface area contributed by atoms with Crippen LogP contribution in [0.2, 0.25) is 0 Å². The molecular weight excluding hydrogens is 174 g/mol. The molecule has 0 fully saturated rings. The number of carboxylic acids is 1. The molecule has 0 bridgehead atoms. The highest BCUT2D eigenvalue weighted by Crippen LogP contribution is 1.96. The second-order valence-electron chi connectivity index (χ2n) is 3.08. The molecule has 0 aromatic carbocycles. The summed E-state index contributed by atoms with van der Waals surface area (Å²) in [6.07, 6.45) is -0.135. The summed E-state index contributed by atoms with van der Waals surface area (Å²) in [5.74, 6) is -0.823. The molecule has 5 heteroatoms. The number of carboxylic acid groups (broad SMARTS) is 1. The van der Waals surface area contributed by atoms with E-state index in [1.165, 1.54) is 0 Å². The molecule has 0 amide bonds. The Kier molecular flexibility index (Phi) is 6.48. The number of hydrogen-bond acceptors (Lipinski definition) is 4. The first-order chi connectivity index (χ1) is 6.06. The highest BCUT2D eigenvalue weighted by Gasteiger charge is 2.07. The average Bonchev–Trinajstić information content (AvgIpc) is 2.10. The topological polar surface area (TPSA) is 89.8 Å². The monoisotopic (exact) mass is 191 g/mol. The van der Waals surface area contributed by atoms with E-state index >= 15 is 0 Å². The fourth-order valence-electron chi connectivity index (χ4n) is 0.844. The number of hydrogen-bond donors (Lipinski definition) is 4. The van der Waals surface area contributed by atoms with Gasteiger partial charge in [0, 0.05) is 19.0 Å². The third-order valence-electron chi connectivity index (χ3n) is 1.70. The van der Waals surface area contributed by atoms with Crippen LogP contribution in [0.25, 0.3) is 0 Å². The predicted octanol–water partition coefficient (Wildman–Crippen LogP) is -0.817. The molecule has 0 saturated heterocycles. The van der Waals surface area contributed by atoms with Crippen LogP contribution >= 0.6 is 0 Å². The summed E-state index contributed by atoms with van der Waals surface area (Å²) in [4.78, 5) is 10.2. The van der Waals surface area contributed by atoms with Crippen molar-refractivity contribution in [3.05, 3.63) is 0 Å². The summed E-state index contributed by atoms with van der Waals surface area (Å²) in [6, 6.07) is 0.0392. The zero-order chi connectivity index (χ0) is 10.3. The van der Waals surface area contributed by atoms with Crippen LogP contribution in [-0.4, -0.2) is 46.6 Å². The molecule has 13 heavy (non-hydrogen) atoms. The van der Waals surface area contributed by atoms with Crippen LogP contribution in [0.5, 0.6) is 0 Å². The van der Waals surface area contributed by atoms with Crippen LogP contribution in [0.3, 0.4) is 0 Å². The van der Waals surface area contributed by atoms with E-state index in [-0.39, 0.29) is 25.6 Å². The molecule has 0 saturated carbocycles. The number of aliphatic hydroxyl groups excluding tert-OH is 2. The Morgan fingerprint density at radius 1 is 1.54 bits per heavy atom. The van der Waals surface area contributed by atoms with E-state index < -0.39 is 12.1 Å². The Labute approximate surface area is 77.4 Å². The highest BCUT2D eigenvalue weighted by atomic mass is 16.4. The van der Waals surface area contributed by atoms with Crippen LogP contribution in [0.15, 0.2) is 0 Å². The normalized spacial score (nSPS) is 15.3. The van der Waals surface area contributed by atoms with Gasteiger partial charge in [-0.3, -0.25) is 4.79 Å². The Morgan fingerprint density at radius 2 is 2.15 bits per heavy atom. The molecule has 78 valence electrons. The van der Waals surface area contributed by atoms with E-state index in [2.05, 4.69) is 5.32 Å². The van der Waals surface area contributed by atoms with E-state index in [4.69, 9.17) is 15.3 Å². The predicted molar refractivity (Wildman–Crippen MR) is 47.4 cm³/mol. The molecule has 5 nitrogen and oxygen atoms in total. The van der Waals surface area contributed by atoms with E-state index in [0.717, 1.165) is 0 Å². The summed E-state index contributed by atoms with van der Waals surface area (Å²) in [6.45, 7) is 1.85. The number of carbonyl (C=O) groups is 1. The number of aliphatic hydroxyl groups is 2. The summed E-state index contributed by atoms with van der Waals surface area (Å²) < 4.78 is 0. The average molecular weight is 191 g/mol. The smallest absolute Gasteiger partial charge is 0.303 e. The van der Waals surface area contributed by atoms with Gasteiger partial charge in [-0.05, 0) is 13.3 Å². The van der Waals surface area contributed by atoms with Gasteiger partial charge in [0.15, 0.2) is 0 Å². The first kappa shape index (κ1) is 12.3. The van der Waals surface area contributed by atoms with Gasteiger partial charge in [-0.1, -0.05) is 0 Å². The van der Waals surface area contributed by atoms with Crippen molar-refractivity contribution >= 4 is 5.97 Å². The largest absolute Gasteiger partial charge is 0.481 e. The minimum Gasteiger partial charge on any atom is -0.481 e. The van der Waals surface area contributed by atoms with Gasteiger partial charge in [-0.25, -0.2) is 0 Å². The summed E-state index contributed by atoms with van der Waals surface area (Å²) in [7, 11) is 0. The minimum absolute atomic E-state index is 0.0392. The standard InChI is InChI=1S/C8H17NO4/c1-6(2-3-8(12)13)9-4-7(11)5-10/h6-7,9-11H,2-5H2,1H3,(H,12,13). The molecule has 0 heterocycles. The van der Waals surface area contributed by atoms with Gasteiger partial charge in [-0.2, -0.15) is 0 Å². The fraction of sp³-hybridized carbons (Fsp3) is 0.875. The Bertz CT molecular complexity index is 151. The van der Waals surface area contributed by atoms with Gasteiger partial charge in [0.05, 0.1) is 12.7 Å². The van der Waals surface area contributed by atoms with Crippen molar-refractivity contribution in [2.24, 2.45) is 0 Å². The first-order valence-electron chi connectivity index (χ1n) is 4.30. The lowest BCUT2D eigenvalue weighted by molar-refractivity contribution is -0.137. The van der Waals surface area contributed by atoms with Gasteiger partial charge in [0.1, 0.15) is 0 Å². The Morgan fingerprint density at radius 3 is 2.62 bits per heavy atom. The lowest BCUT2D eigenvalue weighted by Gasteiger charge is -2.14. The first-order valence-corrected chi connectivity index (χ1v) is 4.30. The number of nitrogens with one attached hydrogen (secondary N) is 1. The third kappa shape index (κ3) is 7.70. The Hall–Kier alpha value is -0.650. The molecule has 0 aliphatic rings. The van der Waals surface area contributed by atoms with E-state index in [0.29, 0.717) is 6.42 Å². The zero-order valence-electron chi connectivity index (χ0n) is 7.73. The molecule has 0 aromatic heterocycles. The summed E-state index contributed by atoms with van der Waals surface area (Å²) in [5, 5.41) is 28.7. The molecule has 0 spiro atoms. The van der Waals surface area contributed by atoms with E-state index in [1.807, 2.05) is 6.92 Å². The quantitative estimate of drug-likeness (QED) is 0.422. The molecule has 0 rings (SSSR count). The fourth-order valence-corrected chi connectivity index (χ4v) is 0.844. The van der Waals surface area contributed by atoms with Crippen molar-refractivity contribution in [2.75, 3.05) is 13.2 Å². The van der Waals surface area contributed by atoms with Crippen molar-refractivity contribution in [1.82, 2.24) is 5.32 Å². The van der Waals surface area contributed by atoms with Gasteiger partial charge >= 0.3 is 5.97 Å². The van der Waals surface area contributed by atoms with Gasteiger partial charge in [0.2, 0.25) is 0 Å². The lowest BCUT2D eigenvalue weighted by atomic mass is 10.2. The second-order valence-corrected chi connectivity index (χ2v) is 3.08. The van der Waals surface area contributed by atoms with Crippen LogP contribution in [0.4, 0.5) is 0 Å². The Balaban J connectivity index is 3.39. The molecular formula is C8H17NO4. The van der Waals surface area contributed by atoms with E-state index in [9.17, 15) is 4.79 Å².